The number of aromatic nitrogens is 2. The zero-order valence-corrected chi connectivity index (χ0v) is 16.2. The Bertz CT molecular complexity index is 902. The highest BCUT2D eigenvalue weighted by Crippen LogP contribution is 2.30. The van der Waals surface area contributed by atoms with E-state index in [0.717, 1.165) is 0 Å². The zero-order chi connectivity index (χ0) is 21.4. The second kappa shape index (κ2) is 10.4. The van der Waals surface area contributed by atoms with Gasteiger partial charge in [-0.25, -0.2) is 4.79 Å². The van der Waals surface area contributed by atoms with E-state index in [9.17, 15) is 19.2 Å². The molecule has 1 aliphatic rings. The maximum absolute atomic E-state index is 12.0. The van der Waals surface area contributed by atoms with Crippen LogP contribution in [0.2, 0.25) is 0 Å². The summed E-state index contributed by atoms with van der Waals surface area (Å²) in [6.07, 6.45) is 1.38. The standard InChI is InChI=1S/C17H23N5O7/c1-10-8-22(17(26)19-16(10)25)13-7-11(20-21-18)12(29-13)9-28-15(24)6-4-3-5-14(23)27-2/h8,11-13H,3-7,9H2,1-2H3,(H,19,25,26). The fourth-order valence-corrected chi connectivity index (χ4v) is 2.91. The van der Waals surface area contributed by atoms with E-state index < -0.39 is 35.6 Å². The van der Waals surface area contributed by atoms with Crippen LogP contribution in [0.25, 0.3) is 10.4 Å². The first-order valence-corrected chi connectivity index (χ1v) is 9.10. The van der Waals surface area contributed by atoms with E-state index in [1.807, 2.05) is 0 Å². The molecule has 2 rings (SSSR count). The Morgan fingerprint density at radius 1 is 1.34 bits per heavy atom. The molecule has 0 spiro atoms. The van der Waals surface area contributed by atoms with Crippen LogP contribution in [0, 0.1) is 6.92 Å². The highest BCUT2D eigenvalue weighted by atomic mass is 16.6. The third-order valence-electron chi connectivity index (χ3n) is 4.51. The number of nitrogens with zero attached hydrogens (tertiary/aromatic N) is 4. The summed E-state index contributed by atoms with van der Waals surface area (Å²) in [5, 5.41) is 3.66. The van der Waals surface area contributed by atoms with E-state index in [4.69, 9.17) is 15.0 Å². The first-order chi connectivity index (χ1) is 13.8. The predicted octanol–water partition coefficient (Wildman–Crippen LogP) is 1.09. The second-order valence-electron chi connectivity index (χ2n) is 6.58. The quantitative estimate of drug-likeness (QED) is 0.209. The van der Waals surface area contributed by atoms with Gasteiger partial charge in [-0.15, -0.1) is 0 Å². The van der Waals surface area contributed by atoms with Crippen molar-refractivity contribution in [3.05, 3.63) is 43.0 Å². The summed E-state index contributed by atoms with van der Waals surface area (Å²) in [7, 11) is 1.30. The number of azide groups is 1. The summed E-state index contributed by atoms with van der Waals surface area (Å²) < 4.78 is 16.7. The molecule has 0 bridgehead atoms. The van der Waals surface area contributed by atoms with Crippen molar-refractivity contribution >= 4 is 11.9 Å². The topological polar surface area (TPSA) is 165 Å². The normalized spacial score (nSPS) is 20.7. The maximum atomic E-state index is 12.0. The number of carbonyl (C=O) groups is 2. The van der Waals surface area contributed by atoms with Gasteiger partial charge < -0.3 is 14.2 Å². The SMILES string of the molecule is COC(=O)CCCCC(=O)OCC1OC(n2cc(C)c(=O)[nH]c2=O)CC1N=[N+]=[N-]. The lowest BCUT2D eigenvalue weighted by molar-refractivity contribution is -0.149. The Hall–Kier alpha value is -3.11. The molecule has 0 aliphatic carbocycles. The van der Waals surface area contributed by atoms with E-state index in [-0.39, 0.29) is 31.8 Å². The number of nitrogens with one attached hydrogen (secondary N) is 1. The second-order valence-corrected chi connectivity index (χ2v) is 6.58. The summed E-state index contributed by atoms with van der Waals surface area (Å²) in [5.74, 6) is -0.813. The minimum atomic E-state index is -0.766. The van der Waals surface area contributed by atoms with Crippen molar-refractivity contribution in [3.8, 4) is 0 Å². The minimum absolute atomic E-state index is 0.123. The first-order valence-electron chi connectivity index (χ1n) is 9.10. The lowest BCUT2D eigenvalue weighted by Crippen LogP contribution is -2.33. The van der Waals surface area contributed by atoms with Gasteiger partial charge in [-0.3, -0.25) is 23.9 Å². The number of rotatable bonds is 9. The van der Waals surface area contributed by atoms with Crippen LogP contribution in [0.3, 0.4) is 0 Å². The lowest BCUT2D eigenvalue weighted by atomic mass is 10.1. The number of ether oxygens (including phenoxy) is 3. The van der Waals surface area contributed by atoms with E-state index >= 15 is 0 Å². The smallest absolute Gasteiger partial charge is 0.330 e. The van der Waals surface area contributed by atoms with Crippen molar-refractivity contribution in [3.63, 3.8) is 0 Å². The molecule has 12 heteroatoms. The molecular formula is C17H23N5O7. The Balaban J connectivity index is 1.93. The van der Waals surface area contributed by atoms with Crippen LogP contribution in [0.1, 0.15) is 43.9 Å². The molecule has 158 valence electrons. The molecule has 1 aromatic heterocycles. The van der Waals surface area contributed by atoms with Gasteiger partial charge in [0, 0.05) is 35.9 Å². The highest BCUT2D eigenvalue weighted by molar-refractivity contribution is 5.70. The van der Waals surface area contributed by atoms with Gasteiger partial charge in [0.25, 0.3) is 5.56 Å². The van der Waals surface area contributed by atoms with Gasteiger partial charge in [-0.2, -0.15) is 0 Å². The average molecular weight is 409 g/mol. The van der Waals surface area contributed by atoms with Crippen LogP contribution in [0.15, 0.2) is 20.9 Å². The van der Waals surface area contributed by atoms with Crippen LogP contribution >= 0.6 is 0 Å². The Kier molecular flexibility index (Phi) is 7.98. The van der Waals surface area contributed by atoms with Crippen molar-refractivity contribution in [1.29, 1.82) is 0 Å². The molecule has 0 radical (unpaired) electrons. The molecule has 0 amide bonds. The fourth-order valence-electron chi connectivity index (χ4n) is 2.91. The molecule has 2 heterocycles. The third-order valence-corrected chi connectivity index (χ3v) is 4.51. The summed E-state index contributed by atoms with van der Waals surface area (Å²) in [6, 6.07) is -0.642. The van der Waals surface area contributed by atoms with Gasteiger partial charge >= 0.3 is 17.6 Å². The number of esters is 2. The minimum Gasteiger partial charge on any atom is -0.469 e. The van der Waals surface area contributed by atoms with E-state index in [0.29, 0.717) is 18.4 Å². The molecule has 3 unspecified atom stereocenters. The Morgan fingerprint density at radius 2 is 2.03 bits per heavy atom. The molecule has 1 aromatic rings. The largest absolute Gasteiger partial charge is 0.469 e. The van der Waals surface area contributed by atoms with Gasteiger partial charge in [0.15, 0.2) is 0 Å². The summed E-state index contributed by atoms with van der Waals surface area (Å²) >= 11 is 0. The van der Waals surface area contributed by atoms with Gasteiger partial charge in [0.2, 0.25) is 0 Å². The van der Waals surface area contributed by atoms with Crippen molar-refractivity contribution in [1.82, 2.24) is 9.55 Å². The van der Waals surface area contributed by atoms with Crippen molar-refractivity contribution in [2.45, 2.75) is 57.4 Å². The molecule has 1 fully saturated rings. The van der Waals surface area contributed by atoms with E-state index in [1.165, 1.54) is 17.9 Å². The number of aryl methyl sites for hydroxylation is 1. The summed E-state index contributed by atoms with van der Waals surface area (Å²) in [5.41, 5.74) is 7.96. The molecule has 12 nitrogen and oxygen atoms in total. The Morgan fingerprint density at radius 3 is 2.69 bits per heavy atom. The molecule has 1 aliphatic heterocycles. The van der Waals surface area contributed by atoms with Crippen molar-refractivity contribution in [2.24, 2.45) is 5.11 Å². The molecule has 0 saturated carbocycles. The number of H-pyrrole nitrogens is 1. The number of carbonyl (C=O) groups excluding carboxylic acids is 2. The molecule has 1 saturated heterocycles. The molecule has 1 N–H and O–H groups in total. The van der Waals surface area contributed by atoms with Gasteiger partial charge in [-0.1, -0.05) is 5.11 Å². The highest BCUT2D eigenvalue weighted by Gasteiger charge is 2.37. The summed E-state index contributed by atoms with van der Waals surface area (Å²) in [6.45, 7) is 1.40. The summed E-state index contributed by atoms with van der Waals surface area (Å²) in [4.78, 5) is 51.4. The van der Waals surface area contributed by atoms with Crippen LogP contribution in [0.5, 0.6) is 0 Å². The maximum Gasteiger partial charge on any atom is 0.330 e. The van der Waals surface area contributed by atoms with E-state index in [1.54, 1.807) is 6.92 Å². The van der Waals surface area contributed by atoms with Gasteiger partial charge in [0.05, 0.1) is 13.2 Å². The third kappa shape index (κ3) is 6.19. The monoisotopic (exact) mass is 409 g/mol. The predicted molar refractivity (Wildman–Crippen MR) is 99.0 cm³/mol. The van der Waals surface area contributed by atoms with Crippen LogP contribution in [-0.4, -0.2) is 47.4 Å². The fraction of sp³-hybridized carbons (Fsp3) is 0.647. The Labute approximate surface area is 165 Å². The molecular weight excluding hydrogens is 386 g/mol. The lowest BCUT2D eigenvalue weighted by Gasteiger charge is -2.16. The number of methoxy groups -OCH3 is 1. The molecule has 29 heavy (non-hydrogen) atoms. The first kappa shape index (κ1) is 22.2. The number of aromatic amines is 1. The average Bonchev–Trinajstić information content (AvgIpc) is 3.09. The van der Waals surface area contributed by atoms with Crippen molar-refractivity contribution in [2.75, 3.05) is 13.7 Å². The number of unbranched alkanes of at least 4 members (excludes halogenated alkanes) is 1. The number of hydrogen-bond acceptors (Lipinski definition) is 8. The zero-order valence-electron chi connectivity index (χ0n) is 16.2. The van der Waals surface area contributed by atoms with Crippen LogP contribution in [0.4, 0.5) is 0 Å². The van der Waals surface area contributed by atoms with Crippen LogP contribution in [-0.2, 0) is 23.8 Å². The number of hydrogen-bond donors (Lipinski definition) is 1. The van der Waals surface area contributed by atoms with Crippen LogP contribution < -0.4 is 11.2 Å². The van der Waals surface area contributed by atoms with Gasteiger partial charge in [0.1, 0.15) is 18.9 Å². The molecule has 0 aromatic carbocycles. The molecule has 3 atom stereocenters. The van der Waals surface area contributed by atoms with E-state index in [2.05, 4.69) is 19.7 Å². The van der Waals surface area contributed by atoms with Gasteiger partial charge in [-0.05, 0) is 25.3 Å². The van der Waals surface area contributed by atoms with Crippen molar-refractivity contribution < 1.29 is 23.8 Å².